The molecule has 2 heterocycles. The van der Waals surface area contributed by atoms with E-state index in [9.17, 15) is 0 Å². The van der Waals surface area contributed by atoms with Gasteiger partial charge in [0.05, 0.1) is 16.7 Å². The van der Waals surface area contributed by atoms with E-state index >= 15 is 0 Å². The van der Waals surface area contributed by atoms with Crippen molar-refractivity contribution in [3.8, 4) is 0 Å². The zero-order valence-corrected chi connectivity index (χ0v) is 12.6. The topological polar surface area (TPSA) is 37.8 Å². The third-order valence-corrected chi connectivity index (χ3v) is 4.09. The highest BCUT2D eigenvalue weighted by Gasteiger charge is 2.22. The Balaban J connectivity index is 2.22. The molecule has 19 heavy (non-hydrogen) atoms. The van der Waals surface area contributed by atoms with Crippen LogP contribution in [0.1, 0.15) is 48.5 Å². The van der Waals surface area contributed by atoms with Crippen LogP contribution >= 0.6 is 11.3 Å². The Morgan fingerprint density at radius 1 is 1.32 bits per heavy atom. The highest BCUT2D eigenvalue weighted by molar-refractivity contribution is 7.09. The van der Waals surface area contributed by atoms with Gasteiger partial charge in [-0.15, -0.1) is 11.3 Å². The first-order chi connectivity index (χ1) is 9.22. The van der Waals surface area contributed by atoms with Gasteiger partial charge in [0, 0.05) is 23.7 Å². The SMILES string of the molecule is CCCNC(c1csc(C)n1)C(C)c1ccncc1. The zero-order chi connectivity index (χ0) is 13.7. The summed E-state index contributed by atoms with van der Waals surface area (Å²) in [4.78, 5) is 8.74. The van der Waals surface area contributed by atoms with Gasteiger partial charge in [0.1, 0.15) is 0 Å². The second-order valence-corrected chi connectivity index (χ2v) is 5.85. The first-order valence-corrected chi connectivity index (χ1v) is 7.65. The Morgan fingerprint density at radius 2 is 2.05 bits per heavy atom. The first kappa shape index (κ1) is 14.2. The number of thiazole rings is 1. The zero-order valence-electron chi connectivity index (χ0n) is 11.8. The number of hydrogen-bond acceptors (Lipinski definition) is 4. The lowest BCUT2D eigenvalue weighted by molar-refractivity contribution is 0.458. The van der Waals surface area contributed by atoms with Crippen LogP contribution in [0.25, 0.3) is 0 Å². The molecule has 0 bridgehead atoms. The van der Waals surface area contributed by atoms with Crippen LogP contribution < -0.4 is 5.32 Å². The molecule has 2 aromatic rings. The summed E-state index contributed by atoms with van der Waals surface area (Å²) in [6.07, 6.45) is 4.84. The van der Waals surface area contributed by atoms with Crippen molar-refractivity contribution in [2.24, 2.45) is 0 Å². The minimum absolute atomic E-state index is 0.271. The molecule has 0 radical (unpaired) electrons. The summed E-state index contributed by atoms with van der Waals surface area (Å²) < 4.78 is 0. The maximum Gasteiger partial charge on any atom is 0.0898 e. The molecule has 2 rings (SSSR count). The van der Waals surface area contributed by atoms with Crippen LogP contribution in [0.15, 0.2) is 29.9 Å². The number of pyridine rings is 1. The lowest BCUT2D eigenvalue weighted by atomic mass is 9.92. The van der Waals surface area contributed by atoms with Crippen LogP contribution in [0.5, 0.6) is 0 Å². The van der Waals surface area contributed by atoms with Crippen LogP contribution in [-0.2, 0) is 0 Å². The Kier molecular flexibility index (Phi) is 5.05. The van der Waals surface area contributed by atoms with Gasteiger partial charge in [0.25, 0.3) is 0 Å². The Hall–Kier alpha value is -1.26. The fraction of sp³-hybridized carbons (Fsp3) is 0.467. The van der Waals surface area contributed by atoms with Crippen LogP contribution in [0.3, 0.4) is 0 Å². The van der Waals surface area contributed by atoms with E-state index in [0.29, 0.717) is 5.92 Å². The molecule has 2 atom stereocenters. The minimum atomic E-state index is 0.271. The average molecular weight is 275 g/mol. The van der Waals surface area contributed by atoms with E-state index in [1.54, 1.807) is 11.3 Å². The van der Waals surface area contributed by atoms with E-state index < -0.39 is 0 Å². The van der Waals surface area contributed by atoms with Gasteiger partial charge < -0.3 is 5.32 Å². The van der Waals surface area contributed by atoms with Crippen molar-refractivity contribution >= 4 is 11.3 Å². The van der Waals surface area contributed by atoms with Crippen LogP contribution in [-0.4, -0.2) is 16.5 Å². The molecule has 2 unspecified atom stereocenters. The number of nitrogens with one attached hydrogen (secondary N) is 1. The summed E-state index contributed by atoms with van der Waals surface area (Å²) in [5, 5.41) is 6.91. The van der Waals surface area contributed by atoms with Gasteiger partial charge in [0.2, 0.25) is 0 Å². The monoisotopic (exact) mass is 275 g/mol. The van der Waals surface area contributed by atoms with Crippen molar-refractivity contribution in [3.05, 3.63) is 46.2 Å². The highest BCUT2D eigenvalue weighted by Crippen LogP contribution is 2.30. The normalized spacial score (nSPS) is 14.3. The van der Waals surface area contributed by atoms with E-state index in [4.69, 9.17) is 0 Å². The quantitative estimate of drug-likeness (QED) is 0.873. The molecule has 0 fully saturated rings. The second-order valence-electron chi connectivity index (χ2n) is 4.79. The molecule has 4 heteroatoms. The lowest BCUT2D eigenvalue weighted by Gasteiger charge is -2.24. The predicted octanol–water partition coefficient (Wildman–Crippen LogP) is 3.69. The number of hydrogen-bond donors (Lipinski definition) is 1. The van der Waals surface area contributed by atoms with Gasteiger partial charge >= 0.3 is 0 Å². The molecule has 3 nitrogen and oxygen atoms in total. The van der Waals surface area contributed by atoms with Crippen LogP contribution in [0.4, 0.5) is 0 Å². The number of aromatic nitrogens is 2. The number of nitrogens with zero attached hydrogens (tertiary/aromatic N) is 2. The van der Waals surface area contributed by atoms with E-state index in [-0.39, 0.29) is 6.04 Å². The summed E-state index contributed by atoms with van der Waals surface area (Å²) >= 11 is 1.72. The van der Waals surface area contributed by atoms with Gasteiger partial charge in [-0.2, -0.15) is 0 Å². The standard InChI is InChI=1S/C15H21N3S/c1-4-7-17-15(14-10-19-12(3)18-14)11(2)13-5-8-16-9-6-13/h5-6,8-11,15,17H,4,7H2,1-3H3. The van der Waals surface area contributed by atoms with Gasteiger partial charge in [-0.25, -0.2) is 4.98 Å². The van der Waals surface area contributed by atoms with Gasteiger partial charge in [0.15, 0.2) is 0 Å². The van der Waals surface area contributed by atoms with Crippen molar-refractivity contribution in [2.75, 3.05) is 6.54 Å². The minimum Gasteiger partial charge on any atom is -0.308 e. The molecule has 0 spiro atoms. The average Bonchev–Trinajstić information content (AvgIpc) is 2.86. The molecule has 0 aliphatic carbocycles. The maximum atomic E-state index is 4.65. The second kappa shape index (κ2) is 6.78. The molecule has 102 valence electrons. The summed E-state index contributed by atoms with van der Waals surface area (Å²) in [6.45, 7) is 7.50. The molecule has 2 aromatic heterocycles. The van der Waals surface area contributed by atoms with Gasteiger partial charge in [-0.3, -0.25) is 4.98 Å². The third-order valence-electron chi connectivity index (χ3n) is 3.30. The first-order valence-electron chi connectivity index (χ1n) is 6.77. The fourth-order valence-electron chi connectivity index (χ4n) is 2.22. The van der Waals surface area contributed by atoms with E-state index in [0.717, 1.165) is 23.7 Å². The smallest absolute Gasteiger partial charge is 0.0898 e. The highest BCUT2D eigenvalue weighted by atomic mass is 32.1. The summed E-state index contributed by atoms with van der Waals surface area (Å²) in [7, 11) is 0. The molecular formula is C15H21N3S. The molecular weight excluding hydrogens is 254 g/mol. The summed E-state index contributed by atoms with van der Waals surface area (Å²) in [5.41, 5.74) is 2.45. The number of rotatable bonds is 6. The molecule has 0 saturated heterocycles. The molecule has 0 amide bonds. The van der Waals surface area contributed by atoms with Crippen molar-refractivity contribution in [2.45, 2.75) is 39.2 Å². The van der Waals surface area contributed by atoms with E-state index in [1.807, 2.05) is 12.4 Å². The molecule has 0 aliphatic rings. The number of aryl methyl sites for hydroxylation is 1. The van der Waals surface area contributed by atoms with Crippen molar-refractivity contribution < 1.29 is 0 Å². The van der Waals surface area contributed by atoms with E-state index in [1.165, 1.54) is 5.56 Å². The Bertz CT molecular complexity index is 495. The lowest BCUT2D eigenvalue weighted by Crippen LogP contribution is -2.27. The molecule has 1 N–H and O–H groups in total. The van der Waals surface area contributed by atoms with Crippen molar-refractivity contribution in [1.82, 2.24) is 15.3 Å². The van der Waals surface area contributed by atoms with E-state index in [2.05, 4.69) is 53.6 Å². The predicted molar refractivity (Wildman–Crippen MR) is 80.5 cm³/mol. The molecule has 0 aliphatic heterocycles. The third kappa shape index (κ3) is 3.61. The molecule has 0 aromatic carbocycles. The Labute approximate surface area is 119 Å². The van der Waals surface area contributed by atoms with Crippen LogP contribution in [0, 0.1) is 6.92 Å². The fourth-order valence-corrected chi connectivity index (χ4v) is 2.87. The Morgan fingerprint density at radius 3 is 2.63 bits per heavy atom. The van der Waals surface area contributed by atoms with Gasteiger partial charge in [-0.1, -0.05) is 13.8 Å². The van der Waals surface area contributed by atoms with Crippen molar-refractivity contribution in [1.29, 1.82) is 0 Å². The maximum absolute atomic E-state index is 4.65. The molecule has 0 saturated carbocycles. The summed E-state index contributed by atoms with van der Waals surface area (Å²) in [5.74, 6) is 0.385. The van der Waals surface area contributed by atoms with Crippen LogP contribution in [0.2, 0.25) is 0 Å². The van der Waals surface area contributed by atoms with Gasteiger partial charge in [-0.05, 0) is 37.6 Å². The van der Waals surface area contributed by atoms with Crippen molar-refractivity contribution in [3.63, 3.8) is 0 Å². The largest absolute Gasteiger partial charge is 0.308 e. The summed E-state index contributed by atoms with van der Waals surface area (Å²) in [6, 6.07) is 4.45.